The van der Waals surface area contributed by atoms with Crippen molar-refractivity contribution in [3.05, 3.63) is 105 Å². The number of hydrogen-bond donors (Lipinski definition) is 1. The summed E-state index contributed by atoms with van der Waals surface area (Å²) in [7, 11) is 15.3. The van der Waals surface area contributed by atoms with Crippen LogP contribution in [0.3, 0.4) is 0 Å². The molecule has 139 valence electrons. The molecule has 0 spiro atoms. The summed E-state index contributed by atoms with van der Waals surface area (Å²) in [5.74, 6) is 0. The molecule has 0 amide bonds. The first-order valence-electron chi connectivity index (χ1n) is 9.53. The summed E-state index contributed by atoms with van der Waals surface area (Å²) in [4.78, 5) is 0. The third kappa shape index (κ3) is 2.86. The Hall–Kier alpha value is -1.60. The molecule has 0 aromatic heterocycles. The third-order valence-corrected chi connectivity index (χ3v) is 21.1. The second-order valence-corrected chi connectivity index (χ2v) is 26.1. The Morgan fingerprint density at radius 2 is 1.54 bits per heavy atom. The Bertz CT molecular complexity index is 1130. The second-order valence-electron chi connectivity index (χ2n) is 7.49. The average molecular weight is 485 g/mol. The molecule has 0 heterocycles. The van der Waals surface area contributed by atoms with Crippen LogP contribution in [0.4, 0.5) is 5.69 Å². The number of allylic oxidation sites excluding steroid dienone is 4. The fourth-order valence-corrected chi connectivity index (χ4v) is 17.6. The van der Waals surface area contributed by atoms with E-state index in [9.17, 15) is 0 Å². The Kier molecular flexibility index (Phi) is 4.43. The molecule has 1 N–H and O–H groups in total. The summed E-state index contributed by atoms with van der Waals surface area (Å²) in [6, 6.07) is 25.1. The predicted molar refractivity (Wildman–Crippen MR) is 118 cm³/mol. The van der Waals surface area contributed by atoms with Gasteiger partial charge in [-0.2, -0.15) is 0 Å². The van der Waals surface area contributed by atoms with Crippen LogP contribution in [0, 0.1) is 0 Å². The van der Waals surface area contributed by atoms with Gasteiger partial charge in [-0.3, -0.25) is 0 Å². The van der Waals surface area contributed by atoms with E-state index >= 15 is 0 Å². The minimum atomic E-state index is -4.77. The fourth-order valence-electron chi connectivity index (χ4n) is 4.44. The number of hydrogen-bond acceptors (Lipinski definition) is 1. The van der Waals surface area contributed by atoms with Gasteiger partial charge in [-0.15, -0.1) is 0 Å². The molecular weight excluding hydrogens is 464 g/mol. The molecule has 4 heteroatoms. The second kappa shape index (κ2) is 6.73. The van der Waals surface area contributed by atoms with Crippen molar-refractivity contribution >= 4 is 26.0 Å². The van der Waals surface area contributed by atoms with Crippen molar-refractivity contribution in [2.24, 2.45) is 0 Å². The van der Waals surface area contributed by atoms with Crippen LogP contribution in [-0.2, 0) is 23.1 Å². The number of anilines is 1. The zero-order valence-electron chi connectivity index (χ0n) is 15.3. The van der Waals surface area contributed by atoms with Crippen LogP contribution in [0.1, 0.15) is 17.5 Å². The quantitative estimate of drug-likeness (QED) is 0.338. The summed E-state index contributed by atoms with van der Waals surface area (Å²) in [6.07, 6.45) is 8.00. The van der Waals surface area contributed by atoms with Crippen LogP contribution in [-0.4, -0.2) is 0 Å². The molecule has 3 aromatic carbocycles. The first kappa shape index (κ1) is 18.4. The Labute approximate surface area is 174 Å². The Morgan fingerprint density at radius 3 is 2.32 bits per heavy atom. The predicted octanol–water partition coefficient (Wildman–Crippen LogP) is 6.75. The average Bonchev–Trinajstić information content (AvgIpc) is 3.37. The molecule has 0 aliphatic heterocycles. The number of halogens is 2. The molecule has 0 saturated heterocycles. The molecule has 0 bridgehead atoms. The van der Waals surface area contributed by atoms with Crippen LogP contribution in [0.15, 0.2) is 94.3 Å². The van der Waals surface area contributed by atoms with Gasteiger partial charge in [-0.05, 0) is 0 Å². The molecule has 3 aromatic rings. The third-order valence-electron chi connectivity index (χ3n) is 5.80. The SMILES string of the molecule is [Cl][Zr]([Cl])([NH]c1ccccc1)([C]1=CC=CC1)[c]1cccc2c1Cc1ccccc1-2. The van der Waals surface area contributed by atoms with Crippen molar-refractivity contribution in [3.63, 3.8) is 0 Å². The zero-order chi connectivity index (χ0) is 19.2. The minimum absolute atomic E-state index is 0.800. The van der Waals surface area contributed by atoms with E-state index in [1.54, 1.807) is 0 Å². The topological polar surface area (TPSA) is 12.0 Å². The summed E-state index contributed by atoms with van der Waals surface area (Å²) in [5, 5.41) is 0. The molecule has 5 rings (SSSR count). The molecule has 0 saturated carbocycles. The maximum absolute atomic E-state index is 7.64. The van der Waals surface area contributed by atoms with E-state index in [0.29, 0.717) is 0 Å². The van der Waals surface area contributed by atoms with Crippen molar-refractivity contribution < 1.29 is 16.7 Å². The molecule has 2 aliphatic rings. The van der Waals surface area contributed by atoms with Gasteiger partial charge in [0.25, 0.3) is 0 Å². The molecule has 0 fully saturated rings. The van der Waals surface area contributed by atoms with Crippen molar-refractivity contribution in [2.45, 2.75) is 12.8 Å². The van der Waals surface area contributed by atoms with Gasteiger partial charge in [0.1, 0.15) is 0 Å². The van der Waals surface area contributed by atoms with Crippen LogP contribution in [0.2, 0.25) is 0 Å². The van der Waals surface area contributed by atoms with Crippen LogP contribution >= 0.6 is 17.0 Å². The van der Waals surface area contributed by atoms with Crippen LogP contribution in [0.25, 0.3) is 11.1 Å². The molecule has 0 radical (unpaired) electrons. The molecule has 28 heavy (non-hydrogen) atoms. The Morgan fingerprint density at radius 1 is 0.786 bits per heavy atom. The van der Waals surface area contributed by atoms with E-state index in [1.807, 2.05) is 30.3 Å². The summed E-state index contributed by atoms with van der Waals surface area (Å²) >= 11 is -4.77. The number of nitrogens with one attached hydrogen (secondary N) is 1. The monoisotopic (exact) mass is 482 g/mol. The number of rotatable bonds is 4. The Balaban J connectivity index is 1.72. The summed E-state index contributed by atoms with van der Waals surface area (Å²) in [6.45, 7) is 0. The van der Waals surface area contributed by atoms with Crippen molar-refractivity contribution in [1.82, 2.24) is 0 Å². The standard InChI is InChI=1S/C13H9.C6H6N.C5H5.2ClH.Zr/c1-3-7-12-10(5-1)9-11-6-2-4-8-13(11)12;7-6-4-2-1-3-5-6;1-2-4-5-3-1;;;/h1-5,7-8H,9H2;1-5,7H;1-3H,4H2;2*1H;/q;-1;;;;+3/p-2. The maximum atomic E-state index is 7.64. The fraction of sp³-hybridized carbons (Fsp3) is 0.0833. The van der Waals surface area contributed by atoms with Crippen molar-refractivity contribution in [3.8, 4) is 11.1 Å². The molecular formula is C24H20Cl2NZr. The van der Waals surface area contributed by atoms with Gasteiger partial charge in [0.15, 0.2) is 0 Å². The van der Waals surface area contributed by atoms with Gasteiger partial charge >= 0.3 is 175 Å². The number of para-hydroxylation sites is 1. The number of benzene rings is 3. The van der Waals surface area contributed by atoms with Crippen molar-refractivity contribution in [2.75, 3.05) is 3.26 Å². The van der Waals surface area contributed by atoms with E-state index in [4.69, 9.17) is 17.0 Å². The van der Waals surface area contributed by atoms with Crippen LogP contribution < -0.4 is 6.53 Å². The zero-order valence-corrected chi connectivity index (χ0v) is 19.3. The van der Waals surface area contributed by atoms with E-state index < -0.39 is 16.7 Å². The van der Waals surface area contributed by atoms with Crippen molar-refractivity contribution in [1.29, 1.82) is 0 Å². The normalized spacial score (nSPS) is 16.1. The van der Waals surface area contributed by atoms with Gasteiger partial charge in [0, 0.05) is 0 Å². The van der Waals surface area contributed by atoms with Gasteiger partial charge in [-0.1, -0.05) is 0 Å². The first-order valence-corrected chi connectivity index (χ1v) is 19.6. The van der Waals surface area contributed by atoms with Gasteiger partial charge in [0.05, 0.1) is 0 Å². The van der Waals surface area contributed by atoms with E-state index in [1.165, 1.54) is 22.3 Å². The van der Waals surface area contributed by atoms with Gasteiger partial charge < -0.3 is 0 Å². The first-order chi connectivity index (χ1) is 13.6. The van der Waals surface area contributed by atoms with E-state index in [0.717, 1.165) is 25.1 Å². The molecule has 0 unspecified atom stereocenters. The van der Waals surface area contributed by atoms with E-state index in [2.05, 4.69) is 64.0 Å². The van der Waals surface area contributed by atoms with Gasteiger partial charge in [-0.25, -0.2) is 0 Å². The van der Waals surface area contributed by atoms with E-state index in [-0.39, 0.29) is 0 Å². The van der Waals surface area contributed by atoms with Crippen LogP contribution in [0.5, 0.6) is 0 Å². The molecule has 1 nitrogen and oxygen atoms in total. The number of fused-ring (bicyclic) bond motifs is 3. The molecule has 2 aliphatic carbocycles. The summed E-state index contributed by atoms with van der Waals surface area (Å²) in [5.41, 5.74) is 6.14. The summed E-state index contributed by atoms with van der Waals surface area (Å²) < 4.78 is 5.92. The van der Waals surface area contributed by atoms with Gasteiger partial charge in [0.2, 0.25) is 0 Å². The molecule has 0 atom stereocenters.